The molecule has 0 aliphatic rings. The van der Waals surface area contributed by atoms with E-state index in [2.05, 4.69) is 82.8 Å². The monoisotopic (exact) mass is 639 g/mol. The average molecular weight is 640 g/mol. The van der Waals surface area contributed by atoms with Gasteiger partial charge in [0.25, 0.3) is 0 Å². The van der Waals surface area contributed by atoms with E-state index in [4.69, 9.17) is 9.97 Å². The van der Waals surface area contributed by atoms with Gasteiger partial charge < -0.3 is 0 Å². The van der Waals surface area contributed by atoms with E-state index < -0.39 is 0 Å². The maximum atomic E-state index is 10.4. The van der Waals surface area contributed by atoms with Crippen LogP contribution in [-0.2, 0) is 0 Å². The average Bonchev–Trinajstić information content (AvgIpc) is 3.21. The number of hydrogen-bond donors (Lipinski definition) is 0. The van der Waals surface area contributed by atoms with Gasteiger partial charge in [-0.15, -0.1) is 0 Å². The van der Waals surface area contributed by atoms with Crippen molar-refractivity contribution in [1.82, 2.24) is 19.9 Å². The zero-order valence-corrected chi connectivity index (χ0v) is 27.0. The molecule has 0 aliphatic heterocycles. The van der Waals surface area contributed by atoms with E-state index in [1.807, 2.05) is 109 Å². The number of hydrogen-bond acceptors (Lipinski definition) is 5. The van der Waals surface area contributed by atoms with Crippen LogP contribution >= 0.6 is 0 Å². The first-order valence-corrected chi connectivity index (χ1v) is 16.4. The second-order valence-corrected chi connectivity index (χ2v) is 11.8. The highest BCUT2D eigenvalue weighted by atomic mass is 14.9. The molecule has 0 spiro atoms. The van der Waals surface area contributed by atoms with Crippen LogP contribution in [0.3, 0.4) is 0 Å². The molecule has 0 bridgehead atoms. The molecule has 0 amide bonds. The van der Waals surface area contributed by atoms with Crippen molar-refractivity contribution in [3.05, 3.63) is 182 Å². The Morgan fingerprint density at radius 1 is 0.360 bits per heavy atom. The SMILES string of the molecule is N#Cc1c(-c2ccccc2)nc(-c2cc(-c3ccc(-c4ccccn4)cc3)cc(-c3ccc(-c4ccccn4)cc3)c2)nc1-c1ccccc1. The van der Waals surface area contributed by atoms with Crippen molar-refractivity contribution in [2.75, 3.05) is 0 Å². The summed E-state index contributed by atoms with van der Waals surface area (Å²) in [5.74, 6) is 0.542. The third-order valence-electron chi connectivity index (χ3n) is 8.66. The molecule has 234 valence electrons. The molecule has 5 aromatic carbocycles. The summed E-state index contributed by atoms with van der Waals surface area (Å²) >= 11 is 0. The van der Waals surface area contributed by atoms with Gasteiger partial charge in [-0.2, -0.15) is 5.26 Å². The molecule has 50 heavy (non-hydrogen) atoms. The van der Waals surface area contributed by atoms with Gasteiger partial charge in [-0.05, 0) is 64.7 Å². The van der Waals surface area contributed by atoms with E-state index in [-0.39, 0.29) is 0 Å². The van der Waals surface area contributed by atoms with E-state index in [9.17, 15) is 5.26 Å². The molecule has 5 nitrogen and oxygen atoms in total. The Hall–Kier alpha value is -7.03. The fourth-order valence-electron chi connectivity index (χ4n) is 6.13. The van der Waals surface area contributed by atoms with Gasteiger partial charge in [0, 0.05) is 40.2 Å². The number of pyridine rings is 2. The molecule has 0 N–H and O–H groups in total. The Bertz CT molecular complexity index is 2280. The third kappa shape index (κ3) is 6.17. The number of nitrogens with zero attached hydrogens (tertiary/aromatic N) is 5. The van der Waals surface area contributed by atoms with Crippen LogP contribution in [0.25, 0.3) is 78.7 Å². The molecular weight excluding hydrogens is 611 g/mol. The molecule has 0 saturated heterocycles. The van der Waals surface area contributed by atoms with Crippen LogP contribution in [0, 0.1) is 11.3 Å². The lowest BCUT2D eigenvalue weighted by Gasteiger charge is -2.15. The summed E-state index contributed by atoms with van der Waals surface area (Å²) in [5, 5.41) is 10.4. The minimum absolute atomic E-state index is 0.442. The summed E-state index contributed by atoms with van der Waals surface area (Å²) in [6, 6.07) is 57.4. The quantitative estimate of drug-likeness (QED) is 0.173. The minimum atomic E-state index is 0.442. The van der Waals surface area contributed by atoms with Crippen molar-refractivity contribution >= 4 is 0 Å². The van der Waals surface area contributed by atoms with Gasteiger partial charge in [-0.25, -0.2) is 9.97 Å². The highest BCUT2D eigenvalue weighted by molar-refractivity contribution is 5.84. The van der Waals surface area contributed by atoms with Gasteiger partial charge in [0.05, 0.1) is 22.8 Å². The number of rotatable bonds is 7. The highest BCUT2D eigenvalue weighted by Crippen LogP contribution is 2.36. The van der Waals surface area contributed by atoms with Crippen molar-refractivity contribution in [3.8, 4) is 84.7 Å². The number of aromatic nitrogens is 4. The topological polar surface area (TPSA) is 75.3 Å². The fourth-order valence-corrected chi connectivity index (χ4v) is 6.13. The van der Waals surface area contributed by atoms with Crippen molar-refractivity contribution < 1.29 is 0 Å². The van der Waals surface area contributed by atoms with Crippen LogP contribution in [0.2, 0.25) is 0 Å². The molecule has 3 aromatic heterocycles. The molecular formula is C45H29N5. The predicted molar refractivity (Wildman–Crippen MR) is 200 cm³/mol. The lowest BCUT2D eigenvalue weighted by molar-refractivity contribution is 1.17. The first-order valence-electron chi connectivity index (χ1n) is 16.4. The summed E-state index contributed by atoms with van der Waals surface area (Å²) < 4.78 is 0. The lowest BCUT2D eigenvalue weighted by Crippen LogP contribution is -2.01. The summed E-state index contributed by atoms with van der Waals surface area (Å²) in [4.78, 5) is 19.2. The summed E-state index contributed by atoms with van der Waals surface area (Å²) in [6.45, 7) is 0. The summed E-state index contributed by atoms with van der Waals surface area (Å²) in [7, 11) is 0. The van der Waals surface area contributed by atoms with Gasteiger partial charge in [0.2, 0.25) is 0 Å². The van der Waals surface area contributed by atoms with Crippen LogP contribution < -0.4 is 0 Å². The Morgan fingerprint density at radius 3 is 1.16 bits per heavy atom. The van der Waals surface area contributed by atoms with E-state index in [1.165, 1.54) is 0 Å². The van der Waals surface area contributed by atoms with Crippen LogP contribution in [0.5, 0.6) is 0 Å². The van der Waals surface area contributed by atoms with E-state index >= 15 is 0 Å². The molecule has 5 heteroatoms. The van der Waals surface area contributed by atoms with E-state index in [0.29, 0.717) is 22.8 Å². The van der Waals surface area contributed by atoms with Crippen LogP contribution in [0.15, 0.2) is 176 Å². The second kappa shape index (κ2) is 13.6. The zero-order valence-electron chi connectivity index (χ0n) is 27.0. The molecule has 8 rings (SSSR count). The van der Waals surface area contributed by atoms with Crippen LogP contribution in [0.4, 0.5) is 0 Å². The van der Waals surface area contributed by atoms with Gasteiger partial charge >= 0.3 is 0 Å². The lowest BCUT2D eigenvalue weighted by atomic mass is 9.94. The van der Waals surface area contributed by atoms with E-state index in [0.717, 1.165) is 61.5 Å². The summed E-state index contributed by atoms with van der Waals surface area (Å²) in [5.41, 5.74) is 12.3. The minimum Gasteiger partial charge on any atom is -0.256 e. The molecule has 3 heterocycles. The molecule has 0 atom stereocenters. The van der Waals surface area contributed by atoms with Gasteiger partial charge in [0.15, 0.2) is 5.82 Å². The predicted octanol–water partition coefficient (Wildman–Crippen LogP) is 10.8. The molecule has 0 fully saturated rings. The van der Waals surface area contributed by atoms with Crippen molar-refractivity contribution in [2.45, 2.75) is 0 Å². The Balaban J connectivity index is 1.31. The molecule has 0 unspecified atom stereocenters. The maximum Gasteiger partial charge on any atom is 0.160 e. The molecule has 0 radical (unpaired) electrons. The maximum absolute atomic E-state index is 10.4. The third-order valence-corrected chi connectivity index (χ3v) is 8.66. The van der Waals surface area contributed by atoms with Crippen LogP contribution in [0.1, 0.15) is 5.56 Å². The second-order valence-electron chi connectivity index (χ2n) is 11.8. The number of nitriles is 1. The fraction of sp³-hybridized carbons (Fsp3) is 0. The summed E-state index contributed by atoms with van der Waals surface area (Å²) in [6.07, 6.45) is 3.62. The highest BCUT2D eigenvalue weighted by Gasteiger charge is 2.19. The smallest absolute Gasteiger partial charge is 0.160 e. The standard InChI is InChI=1S/C45H29N5/c46-30-40-43(35-11-3-1-4-12-35)49-45(50-44(40)36-13-5-2-6-14-36)39-28-37(31-17-21-33(22-18-31)41-15-7-9-25-47-41)27-38(29-39)32-19-23-34(24-20-32)42-16-8-10-26-48-42/h1-29H. The van der Waals surface area contributed by atoms with Gasteiger partial charge in [0.1, 0.15) is 11.6 Å². The molecule has 0 aliphatic carbocycles. The first kappa shape index (κ1) is 30.3. The van der Waals surface area contributed by atoms with Crippen molar-refractivity contribution in [3.63, 3.8) is 0 Å². The Morgan fingerprint density at radius 2 is 0.760 bits per heavy atom. The van der Waals surface area contributed by atoms with Crippen LogP contribution in [-0.4, -0.2) is 19.9 Å². The molecule has 8 aromatic rings. The normalized spacial score (nSPS) is 10.8. The van der Waals surface area contributed by atoms with E-state index in [1.54, 1.807) is 0 Å². The zero-order chi connectivity index (χ0) is 33.7. The van der Waals surface area contributed by atoms with Gasteiger partial charge in [-0.3, -0.25) is 9.97 Å². The molecule has 0 saturated carbocycles. The van der Waals surface area contributed by atoms with Crippen molar-refractivity contribution in [2.24, 2.45) is 0 Å². The first-order chi connectivity index (χ1) is 24.7. The van der Waals surface area contributed by atoms with Crippen molar-refractivity contribution in [1.29, 1.82) is 5.26 Å². The number of benzene rings is 5. The van der Waals surface area contributed by atoms with Gasteiger partial charge in [-0.1, -0.05) is 121 Å². The Kier molecular flexibility index (Phi) is 8.25. The largest absolute Gasteiger partial charge is 0.256 e. The Labute approximate surface area is 290 Å².